The van der Waals surface area contributed by atoms with Gasteiger partial charge in [0.25, 0.3) is 0 Å². The molecule has 0 saturated carbocycles. The van der Waals surface area contributed by atoms with Crippen LogP contribution in [0.1, 0.15) is 18.4 Å². The van der Waals surface area contributed by atoms with Crippen LogP contribution in [0, 0.1) is 11.7 Å². The molecule has 1 fully saturated rings. The first-order chi connectivity index (χ1) is 12.5. The number of hydrogen-bond donors (Lipinski definition) is 2. The maximum atomic E-state index is 14.3. The average molecular weight is 379 g/mol. The van der Waals surface area contributed by atoms with E-state index in [1.165, 1.54) is 6.07 Å². The number of carbonyl (C=O) groups excluding carboxylic acids is 1. The number of nitrogens with one attached hydrogen (secondary N) is 2. The fourth-order valence-electron chi connectivity index (χ4n) is 3.12. The van der Waals surface area contributed by atoms with Crippen LogP contribution in [0.3, 0.4) is 0 Å². The summed E-state index contributed by atoms with van der Waals surface area (Å²) < 4.78 is 28.1. The predicted molar refractivity (Wildman–Crippen MR) is 99.2 cm³/mol. The van der Waals surface area contributed by atoms with Crippen molar-refractivity contribution in [1.29, 1.82) is 0 Å². The molecule has 0 spiro atoms. The number of piperidine rings is 1. The van der Waals surface area contributed by atoms with Gasteiger partial charge in [-0.25, -0.2) is 8.78 Å². The Morgan fingerprint density at radius 1 is 1.19 bits per heavy atom. The normalized spacial score (nSPS) is 20.0. The molecule has 1 aliphatic heterocycles. The minimum Gasteiger partial charge on any atom is -0.352 e. The molecule has 1 saturated heterocycles. The fraction of sp³-hybridized carbons (Fsp3) is 0.350. The lowest BCUT2D eigenvalue weighted by atomic mass is 9.92. The minimum atomic E-state index is -1.01. The lowest BCUT2D eigenvalue weighted by molar-refractivity contribution is -0.122. The zero-order chi connectivity index (χ0) is 18.5. The molecule has 0 aromatic heterocycles. The average Bonchev–Trinajstić information content (AvgIpc) is 2.63. The van der Waals surface area contributed by atoms with Gasteiger partial charge in [-0.1, -0.05) is 35.9 Å². The second-order valence-electron chi connectivity index (χ2n) is 6.56. The van der Waals surface area contributed by atoms with Gasteiger partial charge in [0.05, 0.1) is 0 Å². The molecule has 6 heteroatoms. The monoisotopic (exact) mass is 378 g/mol. The van der Waals surface area contributed by atoms with E-state index in [4.69, 9.17) is 11.6 Å². The quantitative estimate of drug-likeness (QED) is 0.822. The van der Waals surface area contributed by atoms with Crippen molar-refractivity contribution in [1.82, 2.24) is 10.6 Å². The van der Waals surface area contributed by atoms with Gasteiger partial charge in [-0.15, -0.1) is 0 Å². The Hall–Kier alpha value is -1.98. The fourth-order valence-corrected chi connectivity index (χ4v) is 3.25. The van der Waals surface area contributed by atoms with E-state index in [9.17, 15) is 13.6 Å². The summed E-state index contributed by atoms with van der Waals surface area (Å²) in [4.78, 5) is 12.0. The Morgan fingerprint density at radius 2 is 1.92 bits per heavy atom. The van der Waals surface area contributed by atoms with Crippen molar-refractivity contribution in [2.75, 3.05) is 13.1 Å². The van der Waals surface area contributed by atoms with Crippen molar-refractivity contribution in [2.24, 2.45) is 5.92 Å². The first-order valence-electron chi connectivity index (χ1n) is 8.69. The third-order valence-electron chi connectivity index (χ3n) is 4.70. The van der Waals surface area contributed by atoms with Gasteiger partial charge in [0.15, 0.2) is 0 Å². The van der Waals surface area contributed by atoms with Gasteiger partial charge in [-0.2, -0.15) is 0 Å². The van der Waals surface area contributed by atoms with Gasteiger partial charge in [0, 0.05) is 36.0 Å². The molecular weight excluding hydrogens is 358 g/mol. The standard InChI is InChI=1S/C20H21ClF2N2O/c21-17-5-3-13(4-6-17)14-1-2-16(18(22)9-14)11-25-20(26)10-15-7-8-24-12-19(15)23/h1-6,9,15,19,24H,7-8,10-12H2,(H,25,26). The summed E-state index contributed by atoms with van der Waals surface area (Å²) in [6.07, 6.45) is -0.239. The molecule has 2 atom stereocenters. The molecule has 26 heavy (non-hydrogen) atoms. The molecule has 1 aliphatic rings. The highest BCUT2D eigenvalue weighted by atomic mass is 35.5. The lowest BCUT2D eigenvalue weighted by Crippen LogP contribution is -2.40. The van der Waals surface area contributed by atoms with Gasteiger partial charge < -0.3 is 10.6 Å². The SMILES string of the molecule is O=C(CC1CCNCC1F)NCc1ccc(-c2ccc(Cl)cc2)cc1F. The molecule has 0 bridgehead atoms. The molecule has 2 unspecified atom stereocenters. The van der Waals surface area contributed by atoms with E-state index in [2.05, 4.69) is 10.6 Å². The van der Waals surface area contributed by atoms with E-state index in [0.717, 1.165) is 17.7 Å². The first-order valence-corrected chi connectivity index (χ1v) is 9.06. The van der Waals surface area contributed by atoms with Crippen molar-refractivity contribution >= 4 is 17.5 Å². The third kappa shape index (κ3) is 4.80. The predicted octanol–water partition coefficient (Wildman–Crippen LogP) is 4.10. The van der Waals surface area contributed by atoms with E-state index < -0.39 is 6.17 Å². The van der Waals surface area contributed by atoms with Crippen LogP contribution in [0.5, 0.6) is 0 Å². The minimum absolute atomic E-state index is 0.0908. The molecule has 1 amide bonds. The zero-order valence-electron chi connectivity index (χ0n) is 14.3. The molecule has 2 aromatic carbocycles. The molecule has 138 valence electrons. The zero-order valence-corrected chi connectivity index (χ0v) is 15.0. The smallest absolute Gasteiger partial charge is 0.220 e. The summed E-state index contributed by atoms with van der Waals surface area (Å²) in [5.74, 6) is -0.905. The number of amides is 1. The Morgan fingerprint density at radius 3 is 2.62 bits per heavy atom. The van der Waals surface area contributed by atoms with Gasteiger partial charge >= 0.3 is 0 Å². The second kappa shape index (κ2) is 8.60. The van der Waals surface area contributed by atoms with Crippen molar-refractivity contribution < 1.29 is 13.6 Å². The first kappa shape index (κ1) is 18.8. The van der Waals surface area contributed by atoms with Crippen LogP contribution >= 0.6 is 11.6 Å². The van der Waals surface area contributed by atoms with Crippen LogP contribution in [0.4, 0.5) is 8.78 Å². The number of carbonyl (C=O) groups is 1. The number of alkyl halides is 1. The molecular formula is C20H21ClF2N2O. The van der Waals surface area contributed by atoms with E-state index in [-0.39, 0.29) is 30.6 Å². The van der Waals surface area contributed by atoms with Crippen LogP contribution in [-0.2, 0) is 11.3 Å². The number of hydrogen-bond acceptors (Lipinski definition) is 2. The highest BCUT2D eigenvalue weighted by Crippen LogP contribution is 2.24. The number of rotatable bonds is 5. The van der Waals surface area contributed by atoms with Gasteiger partial charge in [-0.05, 0) is 42.3 Å². The Kier molecular flexibility index (Phi) is 6.22. The Balaban J connectivity index is 1.58. The van der Waals surface area contributed by atoms with Gasteiger partial charge in [0.1, 0.15) is 12.0 Å². The summed E-state index contributed by atoms with van der Waals surface area (Å²) in [5, 5.41) is 6.28. The van der Waals surface area contributed by atoms with Gasteiger partial charge in [0.2, 0.25) is 5.91 Å². The van der Waals surface area contributed by atoms with Crippen LogP contribution in [-0.4, -0.2) is 25.2 Å². The highest BCUT2D eigenvalue weighted by molar-refractivity contribution is 6.30. The van der Waals surface area contributed by atoms with Crippen LogP contribution in [0.2, 0.25) is 5.02 Å². The van der Waals surface area contributed by atoms with Crippen LogP contribution in [0.15, 0.2) is 42.5 Å². The molecule has 2 aromatic rings. The van der Waals surface area contributed by atoms with Crippen LogP contribution < -0.4 is 10.6 Å². The summed E-state index contributed by atoms with van der Waals surface area (Å²) in [7, 11) is 0. The molecule has 3 nitrogen and oxygen atoms in total. The van der Waals surface area contributed by atoms with Crippen molar-refractivity contribution in [3.05, 3.63) is 58.9 Å². The van der Waals surface area contributed by atoms with Crippen molar-refractivity contribution in [3.63, 3.8) is 0 Å². The Labute approximate surface area is 156 Å². The van der Waals surface area contributed by atoms with E-state index in [1.807, 2.05) is 12.1 Å². The summed E-state index contributed by atoms with van der Waals surface area (Å²) in [6, 6.07) is 12.1. The maximum absolute atomic E-state index is 14.3. The molecule has 0 aliphatic carbocycles. The molecule has 2 N–H and O–H groups in total. The van der Waals surface area contributed by atoms with Crippen molar-refractivity contribution in [2.45, 2.75) is 25.6 Å². The van der Waals surface area contributed by atoms with Crippen molar-refractivity contribution in [3.8, 4) is 11.1 Å². The lowest BCUT2D eigenvalue weighted by Gasteiger charge is -2.26. The van der Waals surface area contributed by atoms with E-state index in [1.54, 1.807) is 24.3 Å². The Bertz CT molecular complexity index is 767. The van der Waals surface area contributed by atoms with Crippen LogP contribution in [0.25, 0.3) is 11.1 Å². The molecule has 1 heterocycles. The highest BCUT2D eigenvalue weighted by Gasteiger charge is 2.26. The summed E-state index contributed by atoms with van der Waals surface area (Å²) in [6.45, 7) is 1.10. The largest absolute Gasteiger partial charge is 0.352 e. The van der Waals surface area contributed by atoms with Gasteiger partial charge in [-0.3, -0.25) is 4.79 Å². The second-order valence-corrected chi connectivity index (χ2v) is 7.00. The summed E-state index contributed by atoms with van der Waals surface area (Å²) >= 11 is 5.86. The third-order valence-corrected chi connectivity index (χ3v) is 4.95. The summed E-state index contributed by atoms with van der Waals surface area (Å²) in [5.41, 5.74) is 2.01. The topological polar surface area (TPSA) is 41.1 Å². The maximum Gasteiger partial charge on any atom is 0.220 e. The number of halogens is 3. The molecule has 0 radical (unpaired) electrons. The molecule has 3 rings (SSSR count). The number of benzene rings is 2. The van der Waals surface area contributed by atoms with E-state index >= 15 is 0 Å². The van der Waals surface area contributed by atoms with E-state index in [0.29, 0.717) is 23.6 Å².